The van der Waals surface area contributed by atoms with Gasteiger partial charge >= 0.3 is 12.1 Å². The van der Waals surface area contributed by atoms with Crippen LogP contribution in [0, 0.1) is 0 Å². The number of halogens is 3. The molecular weight excluding hydrogens is 331 g/mol. The van der Waals surface area contributed by atoms with Crippen LogP contribution in [-0.2, 0) is 21.0 Å². The lowest BCUT2D eigenvalue weighted by atomic mass is 10.1. The highest BCUT2D eigenvalue weighted by molar-refractivity contribution is 7.91. The fourth-order valence-electron chi connectivity index (χ4n) is 1.50. The number of alkyl halides is 3. The van der Waals surface area contributed by atoms with Gasteiger partial charge in [-0.05, 0) is 18.6 Å². The first-order chi connectivity index (χ1) is 9.58. The number of unbranched alkanes of at least 4 members (excludes halogenated alkanes) is 1. The number of carboxylic acid groups (broad SMARTS) is 1. The lowest BCUT2D eigenvalue weighted by molar-refractivity contribution is -0.139. The summed E-state index contributed by atoms with van der Waals surface area (Å²) in [6, 6.07) is 0.113. The molecule has 5 nitrogen and oxygen atoms in total. The van der Waals surface area contributed by atoms with Crippen molar-refractivity contribution in [1.29, 1.82) is 0 Å². The number of thiophene rings is 1. The lowest BCUT2D eigenvalue weighted by Gasteiger charge is -2.13. The maximum atomic E-state index is 12.4. The smallest absolute Gasteiger partial charge is 0.425 e. The molecule has 21 heavy (non-hydrogen) atoms. The minimum atomic E-state index is -4.63. The van der Waals surface area contributed by atoms with E-state index in [4.69, 9.17) is 5.11 Å². The van der Waals surface area contributed by atoms with Crippen LogP contribution in [0.4, 0.5) is 13.2 Å². The number of rotatable bonds is 7. The van der Waals surface area contributed by atoms with E-state index in [2.05, 4.69) is 0 Å². The summed E-state index contributed by atoms with van der Waals surface area (Å²) >= 11 is 0.0559. The molecule has 0 aliphatic carbocycles. The van der Waals surface area contributed by atoms with Crippen LogP contribution in [0.3, 0.4) is 0 Å². The first-order valence-corrected chi connectivity index (χ1v) is 8.30. The van der Waals surface area contributed by atoms with Crippen molar-refractivity contribution in [3.8, 4) is 0 Å². The highest BCUT2D eigenvalue weighted by Crippen LogP contribution is 2.36. The van der Waals surface area contributed by atoms with Gasteiger partial charge < -0.3 is 5.11 Å². The number of aliphatic carboxylic acids is 1. The third-order valence-electron chi connectivity index (χ3n) is 2.57. The van der Waals surface area contributed by atoms with Crippen LogP contribution in [0.5, 0.6) is 0 Å². The topological polar surface area (TPSA) is 83.5 Å². The van der Waals surface area contributed by atoms with Crippen molar-refractivity contribution in [3.05, 3.63) is 17.0 Å². The molecule has 120 valence electrons. The van der Waals surface area contributed by atoms with E-state index in [1.54, 1.807) is 0 Å². The second kappa shape index (κ2) is 6.75. The Labute approximate surface area is 123 Å². The van der Waals surface area contributed by atoms with Crippen LogP contribution < -0.4 is 4.72 Å². The molecule has 1 aromatic heterocycles. The monoisotopic (exact) mass is 345 g/mol. The van der Waals surface area contributed by atoms with Crippen molar-refractivity contribution in [2.45, 2.75) is 42.6 Å². The second-order valence-corrected chi connectivity index (χ2v) is 7.30. The summed E-state index contributed by atoms with van der Waals surface area (Å²) in [6.45, 7) is 1.81. The standard InChI is InChI=1S/C11H14F3NO4S2/c1-2-3-4-7(10(16)17)15-21(18,19)9-6-5-8(20-9)11(12,13)14/h5-7,15H,2-4H2,1H3,(H,16,17)/t7-/m0/s1. The molecule has 1 heterocycles. The van der Waals surface area contributed by atoms with E-state index in [0.717, 1.165) is 6.07 Å². The quantitative estimate of drug-likeness (QED) is 0.796. The zero-order valence-electron chi connectivity index (χ0n) is 11.0. The van der Waals surface area contributed by atoms with Gasteiger partial charge in [0.2, 0.25) is 0 Å². The average molecular weight is 345 g/mol. The van der Waals surface area contributed by atoms with Gasteiger partial charge in [-0.3, -0.25) is 4.79 Å². The third-order valence-corrected chi connectivity index (χ3v) is 5.66. The molecular formula is C11H14F3NO4S2. The highest BCUT2D eigenvalue weighted by atomic mass is 32.2. The van der Waals surface area contributed by atoms with Gasteiger partial charge in [-0.15, -0.1) is 11.3 Å². The van der Waals surface area contributed by atoms with Gasteiger partial charge in [0, 0.05) is 0 Å². The molecule has 1 aromatic rings. The summed E-state index contributed by atoms with van der Waals surface area (Å²) in [5.41, 5.74) is 0. The van der Waals surface area contributed by atoms with E-state index in [1.165, 1.54) is 0 Å². The Bertz CT molecular complexity index is 595. The lowest BCUT2D eigenvalue weighted by Crippen LogP contribution is -2.40. The predicted octanol–water partition coefficient (Wildman–Crippen LogP) is 2.69. The Balaban J connectivity index is 2.94. The van der Waals surface area contributed by atoms with Gasteiger partial charge in [0.15, 0.2) is 0 Å². The summed E-state index contributed by atoms with van der Waals surface area (Å²) in [7, 11) is -4.29. The van der Waals surface area contributed by atoms with Crippen LogP contribution in [0.2, 0.25) is 0 Å². The number of hydrogen-bond acceptors (Lipinski definition) is 4. The Morgan fingerprint density at radius 1 is 1.43 bits per heavy atom. The zero-order chi connectivity index (χ0) is 16.3. The minimum absolute atomic E-state index is 0.0559. The largest absolute Gasteiger partial charge is 0.480 e. The van der Waals surface area contributed by atoms with Crippen molar-refractivity contribution < 1.29 is 31.5 Å². The van der Waals surface area contributed by atoms with Crippen LogP contribution in [0.25, 0.3) is 0 Å². The molecule has 0 saturated heterocycles. The van der Waals surface area contributed by atoms with Crippen molar-refractivity contribution in [3.63, 3.8) is 0 Å². The summed E-state index contributed by atoms with van der Waals surface area (Å²) in [5, 5.41) is 8.94. The first kappa shape index (κ1) is 17.9. The summed E-state index contributed by atoms with van der Waals surface area (Å²) in [5.74, 6) is -1.36. The van der Waals surface area contributed by atoms with Gasteiger partial charge in [0.1, 0.15) is 15.1 Å². The van der Waals surface area contributed by atoms with E-state index in [0.29, 0.717) is 18.9 Å². The maximum Gasteiger partial charge on any atom is 0.425 e. The predicted molar refractivity (Wildman–Crippen MR) is 70.6 cm³/mol. The van der Waals surface area contributed by atoms with E-state index >= 15 is 0 Å². The molecule has 0 spiro atoms. The summed E-state index contributed by atoms with van der Waals surface area (Å²) < 4.78 is 62.5. The normalized spacial score (nSPS) is 14.1. The Morgan fingerprint density at radius 2 is 2.05 bits per heavy atom. The van der Waals surface area contributed by atoms with Gasteiger partial charge in [0.05, 0.1) is 0 Å². The SMILES string of the molecule is CCCC[C@H](NS(=O)(=O)c1ccc(C(F)(F)F)s1)C(=O)O. The number of carboxylic acids is 1. The summed E-state index contributed by atoms with van der Waals surface area (Å²) in [6.07, 6.45) is -3.41. The molecule has 0 unspecified atom stereocenters. The van der Waals surface area contributed by atoms with Gasteiger partial charge in [0.25, 0.3) is 10.0 Å². The fourth-order valence-corrected chi connectivity index (χ4v) is 3.92. The molecule has 0 aliphatic heterocycles. The molecule has 10 heteroatoms. The third kappa shape index (κ3) is 4.97. The minimum Gasteiger partial charge on any atom is -0.480 e. The van der Waals surface area contributed by atoms with Crippen molar-refractivity contribution >= 4 is 27.3 Å². The maximum absolute atomic E-state index is 12.4. The molecule has 0 radical (unpaired) electrons. The van der Waals surface area contributed by atoms with Crippen molar-refractivity contribution in [2.75, 3.05) is 0 Å². The van der Waals surface area contributed by atoms with Gasteiger partial charge in [-0.1, -0.05) is 19.8 Å². The highest BCUT2D eigenvalue weighted by Gasteiger charge is 2.35. The van der Waals surface area contributed by atoms with E-state index in [1.807, 2.05) is 11.6 Å². The Kier molecular flexibility index (Phi) is 5.76. The number of carbonyl (C=O) groups is 1. The first-order valence-electron chi connectivity index (χ1n) is 6.00. The van der Waals surface area contributed by atoms with Gasteiger partial charge in [-0.2, -0.15) is 17.9 Å². The molecule has 0 aliphatic rings. The molecule has 0 bridgehead atoms. The molecule has 1 rings (SSSR count). The van der Waals surface area contributed by atoms with E-state index < -0.39 is 37.3 Å². The molecule has 2 N–H and O–H groups in total. The molecule has 1 atom stereocenters. The second-order valence-electron chi connectivity index (χ2n) is 4.27. The van der Waals surface area contributed by atoms with Crippen LogP contribution in [0.15, 0.2) is 16.3 Å². The zero-order valence-corrected chi connectivity index (χ0v) is 12.6. The molecule has 0 aromatic carbocycles. The van der Waals surface area contributed by atoms with Crippen molar-refractivity contribution in [2.24, 2.45) is 0 Å². The number of sulfonamides is 1. The molecule has 0 fully saturated rings. The number of nitrogens with one attached hydrogen (secondary N) is 1. The molecule has 0 amide bonds. The Hall–Kier alpha value is -1.13. The van der Waals surface area contributed by atoms with Crippen molar-refractivity contribution in [1.82, 2.24) is 4.72 Å². The number of hydrogen-bond donors (Lipinski definition) is 2. The van der Waals surface area contributed by atoms with Crippen LogP contribution >= 0.6 is 11.3 Å². The molecule has 0 saturated carbocycles. The van der Waals surface area contributed by atoms with Gasteiger partial charge in [-0.25, -0.2) is 8.42 Å². The van der Waals surface area contributed by atoms with Crippen LogP contribution in [-0.4, -0.2) is 25.5 Å². The summed E-state index contributed by atoms with van der Waals surface area (Å²) in [4.78, 5) is 9.92. The fraction of sp³-hybridized carbons (Fsp3) is 0.545. The Morgan fingerprint density at radius 3 is 2.48 bits per heavy atom. The van der Waals surface area contributed by atoms with E-state index in [9.17, 15) is 26.4 Å². The average Bonchev–Trinajstić information content (AvgIpc) is 2.84. The van der Waals surface area contributed by atoms with E-state index in [-0.39, 0.29) is 17.8 Å². The van der Waals surface area contributed by atoms with Crippen LogP contribution in [0.1, 0.15) is 31.1 Å².